The van der Waals surface area contributed by atoms with E-state index in [1.807, 2.05) is 31.2 Å². The smallest absolute Gasteiger partial charge is 0.265 e. The molecular formula is C22H28N2O3. The van der Waals surface area contributed by atoms with E-state index >= 15 is 0 Å². The highest BCUT2D eigenvalue weighted by Gasteiger charge is 2.19. The Labute approximate surface area is 161 Å². The molecule has 0 radical (unpaired) electrons. The highest BCUT2D eigenvalue weighted by molar-refractivity contribution is 6.04. The van der Waals surface area contributed by atoms with E-state index < -0.39 is 6.10 Å². The van der Waals surface area contributed by atoms with Crippen LogP contribution in [0.25, 0.3) is 0 Å². The van der Waals surface area contributed by atoms with Crippen molar-refractivity contribution in [2.45, 2.75) is 46.1 Å². The second kappa shape index (κ2) is 9.76. The number of ether oxygens (including phenoxy) is 1. The van der Waals surface area contributed by atoms with Crippen molar-refractivity contribution in [2.24, 2.45) is 0 Å². The summed E-state index contributed by atoms with van der Waals surface area (Å²) >= 11 is 0. The van der Waals surface area contributed by atoms with Gasteiger partial charge in [0, 0.05) is 6.54 Å². The van der Waals surface area contributed by atoms with E-state index in [1.54, 1.807) is 31.2 Å². The molecule has 1 atom stereocenters. The van der Waals surface area contributed by atoms with Gasteiger partial charge in [0.2, 0.25) is 0 Å². The van der Waals surface area contributed by atoms with Crippen LogP contribution in [0, 0.1) is 0 Å². The van der Waals surface area contributed by atoms with Crippen LogP contribution in [0.5, 0.6) is 5.75 Å². The van der Waals surface area contributed by atoms with Crippen LogP contribution in [0.15, 0.2) is 48.5 Å². The first-order valence-electron chi connectivity index (χ1n) is 9.37. The molecule has 27 heavy (non-hydrogen) atoms. The number of rotatable bonds is 8. The molecule has 0 aromatic heterocycles. The molecule has 0 heterocycles. The van der Waals surface area contributed by atoms with E-state index in [0.29, 0.717) is 29.5 Å². The monoisotopic (exact) mass is 368 g/mol. The Morgan fingerprint density at radius 1 is 1.00 bits per heavy atom. The maximum atomic E-state index is 12.6. The third-order valence-electron chi connectivity index (χ3n) is 4.18. The Hall–Kier alpha value is -2.82. The number of hydrogen-bond donors (Lipinski definition) is 2. The second-order valence-corrected chi connectivity index (χ2v) is 6.74. The first kappa shape index (κ1) is 20.5. The summed E-state index contributed by atoms with van der Waals surface area (Å²) in [7, 11) is 0. The van der Waals surface area contributed by atoms with Gasteiger partial charge in [0.25, 0.3) is 11.8 Å². The van der Waals surface area contributed by atoms with E-state index in [2.05, 4.69) is 24.5 Å². The average molecular weight is 368 g/mol. The zero-order valence-electron chi connectivity index (χ0n) is 16.4. The molecule has 0 bridgehead atoms. The molecule has 0 spiro atoms. The van der Waals surface area contributed by atoms with Crippen LogP contribution in [0.4, 0.5) is 5.69 Å². The third kappa shape index (κ3) is 5.58. The highest BCUT2D eigenvalue weighted by atomic mass is 16.5. The summed E-state index contributed by atoms with van der Waals surface area (Å²) in [6.07, 6.45) is 0.150. The maximum absolute atomic E-state index is 12.6. The van der Waals surface area contributed by atoms with Crippen molar-refractivity contribution in [3.63, 3.8) is 0 Å². The summed E-state index contributed by atoms with van der Waals surface area (Å²) in [4.78, 5) is 24.9. The number of nitrogens with one attached hydrogen (secondary N) is 2. The van der Waals surface area contributed by atoms with Crippen molar-refractivity contribution in [3.05, 3.63) is 59.7 Å². The predicted octanol–water partition coefficient (Wildman–Crippen LogP) is 4.36. The van der Waals surface area contributed by atoms with Crippen molar-refractivity contribution >= 4 is 17.5 Å². The zero-order valence-corrected chi connectivity index (χ0v) is 16.4. The molecule has 0 saturated heterocycles. The third-order valence-corrected chi connectivity index (χ3v) is 4.18. The number of anilines is 1. The lowest BCUT2D eigenvalue weighted by Crippen LogP contribution is -2.32. The molecular weight excluding hydrogens is 340 g/mol. The van der Waals surface area contributed by atoms with Crippen molar-refractivity contribution < 1.29 is 14.3 Å². The quantitative estimate of drug-likeness (QED) is 0.728. The molecule has 0 fully saturated rings. The molecule has 2 aromatic carbocycles. The minimum atomic E-state index is -0.698. The molecule has 5 nitrogen and oxygen atoms in total. The average Bonchev–Trinajstić information content (AvgIpc) is 2.66. The van der Waals surface area contributed by atoms with Gasteiger partial charge >= 0.3 is 0 Å². The fraction of sp³-hybridized carbons (Fsp3) is 0.364. The Morgan fingerprint density at radius 2 is 1.67 bits per heavy atom. The standard InChI is InChI=1S/C22H28N2O3/c1-5-14-23-22(26)18-11-6-8-12-19(18)24-21(25)16(4)27-20-13-9-7-10-17(20)15(2)3/h6-13,15-16H,5,14H2,1-4H3,(H,23,26)(H,24,25)/t16-/m1/s1. The molecule has 0 aliphatic rings. The lowest BCUT2D eigenvalue weighted by Gasteiger charge is -2.19. The Kier molecular flexibility index (Phi) is 7.41. The van der Waals surface area contributed by atoms with Crippen LogP contribution < -0.4 is 15.4 Å². The van der Waals surface area contributed by atoms with Gasteiger partial charge in [-0.05, 0) is 43.0 Å². The Morgan fingerprint density at radius 3 is 2.37 bits per heavy atom. The summed E-state index contributed by atoms with van der Waals surface area (Å²) < 4.78 is 5.89. The van der Waals surface area contributed by atoms with E-state index in [9.17, 15) is 9.59 Å². The molecule has 144 valence electrons. The van der Waals surface area contributed by atoms with Gasteiger partial charge < -0.3 is 15.4 Å². The van der Waals surface area contributed by atoms with Gasteiger partial charge in [0.15, 0.2) is 6.10 Å². The van der Waals surface area contributed by atoms with Gasteiger partial charge in [-0.1, -0.05) is 51.1 Å². The van der Waals surface area contributed by atoms with Crippen LogP contribution in [0.3, 0.4) is 0 Å². The topological polar surface area (TPSA) is 67.4 Å². The van der Waals surface area contributed by atoms with Crippen LogP contribution in [0.2, 0.25) is 0 Å². The summed E-state index contributed by atoms with van der Waals surface area (Å²) in [5, 5.41) is 5.64. The molecule has 0 saturated carbocycles. The SMILES string of the molecule is CCCNC(=O)c1ccccc1NC(=O)[C@@H](C)Oc1ccccc1C(C)C. The summed E-state index contributed by atoms with van der Waals surface area (Å²) in [5.74, 6) is 0.486. The van der Waals surface area contributed by atoms with Gasteiger partial charge in [0.05, 0.1) is 11.3 Å². The van der Waals surface area contributed by atoms with Crippen LogP contribution >= 0.6 is 0 Å². The van der Waals surface area contributed by atoms with Crippen molar-refractivity contribution in [1.82, 2.24) is 5.32 Å². The van der Waals surface area contributed by atoms with E-state index in [-0.39, 0.29) is 11.8 Å². The summed E-state index contributed by atoms with van der Waals surface area (Å²) in [5.41, 5.74) is 1.97. The number of para-hydroxylation sites is 2. The minimum absolute atomic E-state index is 0.202. The van der Waals surface area contributed by atoms with Gasteiger partial charge in [-0.2, -0.15) is 0 Å². The van der Waals surface area contributed by atoms with Crippen LogP contribution in [-0.4, -0.2) is 24.5 Å². The lowest BCUT2D eigenvalue weighted by atomic mass is 10.0. The van der Waals surface area contributed by atoms with E-state index in [0.717, 1.165) is 12.0 Å². The molecule has 2 amide bonds. The molecule has 0 aliphatic carbocycles. The normalized spacial score (nSPS) is 11.7. The fourth-order valence-electron chi connectivity index (χ4n) is 2.67. The fourth-order valence-corrected chi connectivity index (χ4v) is 2.67. The summed E-state index contributed by atoms with van der Waals surface area (Å²) in [6, 6.07) is 14.7. The molecule has 5 heteroatoms. The molecule has 2 N–H and O–H groups in total. The number of benzene rings is 2. The van der Waals surface area contributed by atoms with Crippen molar-refractivity contribution in [2.75, 3.05) is 11.9 Å². The highest BCUT2D eigenvalue weighted by Crippen LogP contribution is 2.27. The van der Waals surface area contributed by atoms with Crippen molar-refractivity contribution in [1.29, 1.82) is 0 Å². The molecule has 0 aliphatic heterocycles. The zero-order chi connectivity index (χ0) is 19.8. The number of carbonyl (C=O) groups is 2. The first-order chi connectivity index (χ1) is 12.9. The summed E-state index contributed by atoms with van der Waals surface area (Å²) in [6.45, 7) is 8.44. The largest absolute Gasteiger partial charge is 0.481 e. The van der Waals surface area contributed by atoms with Crippen molar-refractivity contribution in [3.8, 4) is 5.75 Å². The number of hydrogen-bond acceptors (Lipinski definition) is 3. The van der Waals surface area contributed by atoms with E-state index in [4.69, 9.17) is 4.74 Å². The van der Waals surface area contributed by atoms with E-state index in [1.165, 1.54) is 0 Å². The maximum Gasteiger partial charge on any atom is 0.265 e. The predicted molar refractivity (Wildman–Crippen MR) is 108 cm³/mol. The Bertz CT molecular complexity index is 787. The Balaban J connectivity index is 2.10. The first-order valence-corrected chi connectivity index (χ1v) is 9.37. The number of carbonyl (C=O) groups excluding carboxylic acids is 2. The molecule has 0 unspecified atom stereocenters. The number of amides is 2. The van der Waals surface area contributed by atoms with Gasteiger partial charge in [-0.3, -0.25) is 9.59 Å². The van der Waals surface area contributed by atoms with Crippen LogP contribution in [-0.2, 0) is 4.79 Å². The second-order valence-electron chi connectivity index (χ2n) is 6.74. The van der Waals surface area contributed by atoms with Crippen LogP contribution in [0.1, 0.15) is 56.0 Å². The van der Waals surface area contributed by atoms with Gasteiger partial charge in [-0.25, -0.2) is 0 Å². The molecule has 2 aromatic rings. The lowest BCUT2D eigenvalue weighted by molar-refractivity contribution is -0.122. The van der Waals surface area contributed by atoms with Gasteiger partial charge in [-0.15, -0.1) is 0 Å². The minimum Gasteiger partial charge on any atom is -0.481 e. The van der Waals surface area contributed by atoms with Gasteiger partial charge in [0.1, 0.15) is 5.75 Å². The molecule has 2 rings (SSSR count).